The summed E-state index contributed by atoms with van der Waals surface area (Å²) >= 11 is 0. The van der Waals surface area contributed by atoms with Crippen LogP contribution in [0, 0.1) is 0 Å². The lowest BCUT2D eigenvalue weighted by Crippen LogP contribution is -1.95. The molecule has 0 bridgehead atoms. The SMILES string of the molecule is COCc1oc(C(=O)O)nc1OC. The van der Waals surface area contributed by atoms with Gasteiger partial charge < -0.3 is 19.0 Å². The van der Waals surface area contributed by atoms with Crippen molar-refractivity contribution in [3.63, 3.8) is 0 Å². The molecule has 1 heterocycles. The number of carboxylic acid groups (broad SMARTS) is 1. The van der Waals surface area contributed by atoms with Gasteiger partial charge in [-0.25, -0.2) is 4.79 Å². The van der Waals surface area contributed by atoms with E-state index >= 15 is 0 Å². The maximum atomic E-state index is 10.4. The van der Waals surface area contributed by atoms with Crippen LogP contribution >= 0.6 is 0 Å². The Hall–Kier alpha value is -1.56. The van der Waals surface area contributed by atoms with Gasteiger partial charge >= 0.3 is 11.9 Å². The Labute approximate surface area is 74.1 Å². The minimum atomic E-state index is -1.24. The zero-order valence-electron chi connectivity index (χ0n) is 7.23. The van der Waals surface area contributed by atoms with Gasteiger partial charge in [0.25, 0.3) is 5.88 Å². The summed E-state index contributed by atoms with van der Waals surface area (Å²) in [7, 11) is 2.84. The van der Waals surface area contributed by atoms with Crippen LogP contribution in [0.5, 0.6) is 5.88 Å². The molecule has 0 spiro atoms. The van der Waals surface area contributed by atoms with E-state index in [-0.39, 0.29) is 18.2 Å². The molecule has 6 heteroatoms. The first-order valence-electron chi connectivity index (χ1n) is 3.45. The minimum absolute atomic E-state index is 0.128. The molecule has 0 atom stereocenters. The molecule has 0 aliphatic carbocycles. The van der Waals surface area contributed by atoms with Crippen LogP contribution in [-0.2, 0) is 11.3 Å². The predicted molar refractivity (Wildman–Crippen MR) is 40.7 cm³/mol. The number of oxazole rings is 1. The van der Waals surface area contributed by atoms with Gasteiger partial charge in [0.2, 0.25) is 0 Å². The Kier molecular flexibility index (Phi) is 2.86. The monoisotopic (exact) mass is 187 g/mol. The second kappa shape index (κ2) is 3.90. The van der Waals surface area contributed by atoms with Gasteiger partial charge in [0, 0.05) is 7.11 Å². The molecule has 1 N–H and O–H groups in total. The Morgan fingerprint density at radius 2 is 2.31 bits per heavy atom. The molecule has 0 saturated heterocycles. The molecule has 13 heavy (non-hydrogen) atoms. The average molecular weight is 187 g/mol. The van der Waals surface area contributed by atoms with E-state index in [0.717, 1.165) is 0 Å². The third-order valence-electron chi connectivity index (χ3n) is 1.31. The number of carboxylic acids is 1. The number of rotatable bonds is 4. The van der Waals surface area contributed by atoms with Crippen molar-refractivity contribution in [1.29, 1.82) is 0 Å². The third kappa shape index (κ3) is 1.97. The van der Waals surface area contributed by atoms with E-state index in [0.29, 0.717) is 0 Å². The largest absolute Gasteiger partial charge is 0.478 e. The number of aromatic nitrogens is 1. The van der Waals surface area contributed by atoms with Crippen molar-refractivity contribution >= 4 is 5.97 Å². The summed E-state index contributed by atoms with van der Waals surface area (Å²) in [6.07, 6.45) is 0. The van der Waals surface area contributed by atoms with Gasteiger partial charge in [-0.2, -0.15) is 4.98 Å². The fourth-order valence-corrected chi connectivity index (χ4v) is 0.811. The predicted octanol–water partition coefficient (Wildman–Crippen LogP) is 0.528. The number of aromatic carboxylic acids is 1. The average Bonchev–Trinajstić information content (AvgIpc) is 2.48. The smallest absolute Gasteiger partial charge is 0.392 e. The molecular formula is C7H9NO5. The lowest BCUT2D eigenvalue weighted by Gasteiger charge is -1.95. The number of methoxy groups -OCH3 is 2. The first-order chi connectivity index (χ1) is 6.19. The summed E-state index contributed by atoms with van der Waals surface area (Å²) < 4.78 is 14.4. The van der Waals surface area contributed by atoms with E-state index in [4.69, 9.17) is 19.0 Å². The lowest BCUT2D eigenvalue weighted by atomic mass is 10.5. The Morgan fingerprint density at radius 1 is 1.62 bits per heavy atom. The molecule has 1 aromatic heterocycles. The van der Waals surface area contributed by atoms with Crippen LogP contribution in [0.3, 0.4) is 0 Å². The Morgan fingerprint density at radius 3 is 2.77 bits per heavy atom. The molecule has 0 unspecified atom stereocenters. The molecule has 6 nitrogen and oxygen atoms in total. The van der Waals surface area contributed by atoms with Crippen LogP contribution in [0.1, 0.15) is 16.4 Å². The van der Waals surface area contributed by atoms with E-state index in [1.54, 1.807) is 0 Å². The highest BCUT2D eigenvalue weighted by Crippen LogP contribution is 2.19. The van der Waals surface area contributed by atoms with Crippen LogP contribution in [0.15, 0.2) is 4.42 Å². The zero-order chi connectivity index (χ0) is 9.84. The van der Waals surface area contributed by atoms with Crippen LogP contribution in [-0.4, -0.2) is 30.3 Å². The van der Waals surface area contributed by atoms with Crippen LogP contribution in [0.25, 0.3) is 0 Å². The summed E-state index contributed by atoms with van der Waals surface area (Å²) in [6.45, 7) is 0.128. The Bertz CT molecular complexity index is 306. The third-order valence-corrected chi connectivity index (χ3v) is 1.31. The molecule has 0 fully saturated rings. The van der Waals surface area contributed by atoms with Crippen molar-refractivity contribution in [1.82, 2.24) is 4.98 Å². The highest BCUT2D eigenvalue weighted by Gasteiger charge is 2.18. The van der Waals surface area contributed by atoms with Gasteiger partial charge in [-0.3, -0.25) is 0 Å². The number of hydrogen-bond donors (Lipinski definition) is 1. The fourth-order valence-electron chi connectivity index (χ4n) is 0.811. The number of hydrogen-bond acceptors (Lipinski definition) is 5. The van der Waals surface area contributed by atoms with Crippen molar-refractivity contribution in [2.24, 2.45) is 0 Å². The maximum absolute atomic E-state index is 10.4. The molecule has 0 saturated carbocycles. The van der Waals surface area contributed by atoms with E-state index in [2.05, 4.69) is 4.98 Å². The lowest BCUT2D eigenvalue weighted by molar-refractivity contribution is 0.0646. The Balaban J connectivity index is 2.96. The minimum Gasteiger partial charge on any atom is -0.478 e. The van der Waals surface area contributed by atoms with E-state index in [9.17, 15) is 4.79 Å². The van der Waals surface area contributed by atoms with Gasteiger partial charge in [0.15, 0.2) is 5.76 Å². The molecule has 0 aromatic carbocycles. The quantitative estimate of drug-likeness (QED) is 0.740. The molecule has 1 rings (SSSR count). The van der Waals surface area contributed by atoms with Crippen LogP contribution < -0.4 is 4.74 Å². The summed E-state index contributed by atoms with van der Waals surface area (Å²) in [6, 6.07) is 0. The summed E-state index contributed by atoms with van der Waals surface area (Å²) in [5, 5.41) is 8.53. The van der Waals surface area contributed by atoms with Crippen LogP contribution in [0.2, 0.25) is 0 Å². The van der Waals surface area contributed by atoms with Gasteiger partial charge in [-0.05, 0) is 0 Å². The number of ether oxygens (including phenoxy) is 2. The summed E-state index contributed by atoms with van der Waals surface area (Å²) in [4.78, 5) is 14.0. The molecule has 1 aromatic rings. The van der Waals surface area contributed by atoms with Gasteiger partial charge in [0.1, 0.15) is 6.61 Å². The van der Waals surface area contributed by atoms with E-state index in [1.807, 2.05) is 0 Å². The molecule has 0 aliphatic heterocycles. The standard InChI is InChI=1S/C7H9NO5/c1-11-3-4-5(12-2)8-6(13-4)7(9)10/h3H2,1-2H3,(H,9,10). The number of carbonyl (C=O) groups is 1. The van der Waals surface area contributed by atoms with Crippen molar-refractivity contribution < 1.29 is 23.8 Å². The highest BCUT2D eigenvalue weighted by molar-refractivity contribution is 5.82. The summed E-state index contributed by atoms with van der Waals surface area (Å²) in [5.74, 6) is -1.23. The van der Waals surface area contributed by atoms with Crippen molar-refractivity contribution in [2.45, 2.75) is 6.61 Å². The van der Waals surface area contributed by atoms with Crippen molar-refractivity contribution in [2.75, 3.05) is 14.2 Å². The number of nitrogens with zero attached hydrogens (tertiary/aromatic N) is 1. The van der Waals surface area contributed by atoms with Gasteiger partial charge in [-0.15, -0.1) is 0 Å². The molecule has 0 aliphatic rings. The first-order valence-corrected chi connectivity index (χ1v) is 3.45. The highest BCUT2D eigenvalue weighted by atomic mass is 16.5. The summed E-state index contributed by atoms with van der Waals surface area (Å²) in [5.41, 5.74) is 0. The topological polar surface area (TPSA) is 81.8 Å². The second-order valence-electron chi connectivity index (χ2n) is 2.19. The normalized spacial score (nSPS) is 10.0. The molecular weight excluding hydrogens is 178 g/mol. The van der Waals surface area contributed by atoms with Gasteiger partial charge in [0.05, 0.1) is 7.11 Å². The fraction of sp³-hybridized carbons (Fsp3) is 0.429. The molecule has 0 radical (unpaired) electrons. The van der Waals surface area contributed by atoms with Crippen molar-refractivity contribution in [3.05, 3.63) is 11.7 Å². The maximum Gasteiger partial charge on any atom is 0.392 e. The first kappa shape index (κ1) is 9.53. The van der Waals surface area contributed by atoms with Gasteiger partial charge in [-0.1, -0.05) is 0 Å². The molecule has 72 valence electrons. The van der Waals surface area contributed by atoms with E-state index < -0.39 is 11.9 Å². The van der Waals surface area contributed by atoms with Crippen molar-refractivity contribution in [3.8, 4) is 5.88 Å². The second-order valence-corrected chi connectivity index (χ2v) is 2.19. The van der Waals surface area contributed by atoms with E-state index in [1.165, 1.54) is 14.2 Å². The molecule has 0 amide bonds. The zero-order valence-corrected chi connectivity index (χ0v) is 7.23. The van der Waals surface area contributed by atoms with Crippen LogP contribution in [0.4, 0.5) is 0 Å².